The van der Waals surface area contributed by atoms with Gasteiger partial charge in [-0.3, -0.25) is 0 Å². The van der Waals surface area contributed by atoms with Crippen LogP contribution in [0, 0.1) is 0 Å². The van der Waals surface area contributed by atoms with E-state index in [-0.39, 0.29) is 0 Å². The van der Waals surface area contributed by atoms with Crippen LogP contribution in [0.3, 0.4) is 0 Å². The van der Waals surface area contributed by atoms with Crippen molar-refractivity contribution in [3.05, 3.63) is 23.1 Å². The monoisotopic (exact) mass is 287 g/mol. The highest BCUT2D eigenvalue weighted by Gasteiger charge is 2.14. The van der Waals surface area contributed by atoms with Crippen LogP contribution in [-0.2, 0) is 9.53 Å². The number of esters is 1. The number of ether oxygens (including phenoxy) is 1. The van der Waals surface area contributed by atoms with Crippen molar-refractivity contribution in [3.8, 4) is 0 Å². The first kappa shape index (κ1) is 12.8. The van der Waals surface area contributed by atoms with Crippen molar-refractivity contribution in [3.63, 3.8) is 0 Å². The number of hydrogen-bond acceptors (Lipinski definition) is 4. The van der Waals surface area contributed by atoms with Crippen molar-refractivity contribution in [1.82, 2.24) is 14.7 Å². The second kappa shape index (κ2) is 5.69. The molecule has 0 spiro atoms. The van der Waals surface area contributed by atoms with Crippen molar-refractivity contribution >= 4 is 27.6 Å². The van der Waals surface area contributed by atoms with Crippen LogP contribution in [0.15, 0.2) is 23.1 Å². The van der Waals surface area contributed by atoms with E-state index in [2.05, 4.69) is 21.0 Å². The van der Waals surface area contributed by atoms with Gasteiger partial charge in [0.05, 0.1) is 17.3 Å². The Labute approximate surface area is 103 Å². The van der Waals surface area contributed by atoms with Crippen LogP contribution in [0.25, 0.3) is 5.70 Å². The number of aromatic nitrogens is 2. The maximum Gasteiger partial charge on any atom is 0.358 e. The van der Waals surface area contributed by atoms with Gasteiger partial charge in [-0.2, -0.15) is 5.10 Å². The summed E-state index contributed by atoms with van der Waals surface area (Å²) in [6.07, 6.45) is 4.98. The summed E-state index contributed by atoms with van der Waals surface area (Å²) in [6.45, 7) is 2.11. The zero-order valence-corrected chi connectivity index (χ0v) is 11.1. The third-order valence-electron chi connectivity index (χ3n) is 1.66. The largest absolute Gasteiger partial charge is 0.461 e. The lowest BCUT2D eigenvalue weighted by Gasteiger charge is -2.10. The molecule has 1 aromatic rings. The van der Waals surface area contributed by atoms with Crippen LogP contribution in [0.2, 0.25) is 0 Å². The molecule has 0 aliphatic rings. The molecular weight excluding hydrogens is 274 g/mol. The van der Waals surface area contributed by atoms with E-state index in [1.54, 1.807) is 30.4 Å². The summed E-state index contributed by atoms with van der Waals surface area (Å²) in [5, 5.41) is 4.05. The fraction of sp³-hybridized carbons (Fsp3) is 0.400. The zero-order valence-electron chi connectivity index (χ0n) is 9.48. The molecule has 0 amide bonds. The normalized spacial score (nSPS) is 11.4. The molecule has 88 valence electrons. The molecule has 16 heavy (non-hydrogen) atoms. The van der Waals surface area contributed by atoms with Crippen molar-refractivity contribution in [2.24, 2.45) is 0 Å². The summed E-state index contributed by atoms with van der Waals surface area (Å²) in [5.41, 5.74) is 0.373. The van der Waals surface area contributed by atoms with E-state index in [1.807, 2.05) is 14.1 Å². The quantitative estimate of drug-likeness (QED) is 0.623. The summed E-state index contributed by atoms with van der Waals surface area (Å²) in [4.78, 5) is 13.5. The Morgan fingerprint density at radius 1 is 1.69 bits per heavy atom. The van der Waals surface area contributed by atoms with Gasteiger partial charge < -0.3 is 9.64 Å². The summed E-state index contributed by atoms with van der Waals surface area (Å²) >= 11 is 3.28. The summed E-state index contributed by atoms with van der Waals surface area (Å²) in [6, 6.07) is 0. The van der Waals surface area contributed by atoms with E-state index in [0.29, 0.717) is 12.3 Å². The van der Waals surface area contributed by atoms with E-state index < -0.39 is 5.97 Å². The lowest BCUT2D eigenvalue weighted by Crippen LogP contribution is -2.16. The minimum absolute atomic E-state index is 0.339. The Hall–Kier alpha value is -1.30. The fourth-order valence-corrected chi connectivity index (χ4v) is 1.37. The fourth-order valence-electron chi connectivity index (χ4n) is 1.09. The van der Waals surface area contributed by atoms with Gasteiger partial charge >= 0.3 is 5.97 Å². The number of carbonyl (C=O) groups excluding carboxylic acids is 1. The SMILES string of the molecule is CCOC(=O)/C(=C/N(C)C)n1cc(Br)cn1. The third kappa shape index (κ3) is 3.37. The second-order valence-electron chi connectivity index (χ2n) is 3.30. The minimum atomic E-state index is -0.396. The zero-order chi connectivity index (χ0) is 12.1. The Morgan fingerprint density at radius 2 is 2.38 bits per heavy atom. The molecule has 1 aromatic heterocycles. The molecule has 0 radical (unpaired) electrons. The number of nitrogens with zero attached hydrogens (tertiary/aromatic N) is 3. The highest BCUT2D eigenvalue weighted by Crippen LogP contribution is 2.12. The van der Waals surface area contributed by atoms with Gasteiger partial charge in [-0.25, -0.2) is 9.48 Å². The summed E-state index contributed by atoms with van der Waals surface area (Å²) < 4.78 is 7.24. The van der Waals surface area contributed by atoms with Gasteiger partial charge in [-0.15, -0.1) is 0 Å². The molecule has 0 bridgehead atoms. The van der Waals surface area contributed by atoms with E-state index in [1.165, 1.54) is 4.68 Å². The molecular formula is C10H14BrN3O2. The van der Waals surface area contributed by atoms with Crippen molar-refractivity contribution < 1.29 is 9.53 Å². The lowest BCUT2D eigenvalue weighted by atomic mass is 10.4. The van der Waals surface area contributed by atoms with Crippen LogP contribution in [0.5, 0.6) is 0 Å². The van der Waals surface area contributed by atoms with Crippen LogP contribution in [0.1, 0.15) is 6.92 Å². The Balaban J connectivity index is 3.01. The number of hydrogen-bond donors (Lipinski definition) is 0. The van der Waals surface area contributed by atoms with Gasteiger partial charge in [0.25, 0.3) is 0 Å². The van der Waals surface area contributed by atoms with E-state index in [0.717, 1.165) is 4.47 Å². The van der Waals surface area contributed by atoms with Crippen molar-refractivity contribution in [2.75, 3.05) is 20.7 Å². The first-order valence-electron chi connectivity index (χ1n) is 4.80. The highest BCUT2D eigenvalue weighted by atomic mass is 79.9. The summed E-state index contributed by atoms with van der Waals surface area (Å²) in [5.74, 6) is -0.396. The van der Waals surface area contributed by atoms with Gasteiger partial charge in [0, 0.05) is 26.5 Å². The van der Waals surface area contributed by atoms with Crippen LogP contribution >= 0.6 is 15.9 Å². The van der Waals surface area contributed by atoms with Crippen LogP contribution in [-0.4, -0.2) is 41.4 Å². The smallest absolute Gasteiger partial charge is 0.358 e. The molecule has 0 saturated carbocycles. The van der Waals surface area contributed by atoms with Crippen molar-refractivity contribution in [1.29, 1.82) is 0 Å². The van der Waals surface area contributed by atoms with Crippen molar-refractivity contribution in [2.45, 2.75) is 6.92 Å². The van der Waals surface area contributed by atoms with Gasteiger partial charge in [0.2, 0.25) is 0 Å². The molecule has 1 heterocycles. The average molecular weight is 288 g/mol. The first-order chi connectivity index (χ1) is 7.54. The molecule has 0 unspecified atom stereocenters. The molecule has 0 aliphatic heterocycles. The summed E-state index contributed by atoms with van der Waals surface area (Å²) in [7, 11) is 3.66. The number of halogens is 1. The van der Waals surface area contributed by atoms with E-state index in [4.69, 9.17) is 4.74 Å². The number of carbonyl (C=O) groups is 1. The molecule has 0 atom stereocenters. The predicted molar refractivity (Wildman–Crippen MR) is 64.5 cm³/mol. The third-order valence-corrected chi connectivity index (χ3v) is 2.07. The molecule has 0 N–H and O–H groups in total. The van der Waals surface area contributed by atoms with Crippen LogP contribution in [0.4, 0.5) is 0 Å². The maximum absolute atomic E-state index is 11.7. The number of rotatable bonds is 4. The topological polar surface area (TPSA) is 47.4 Å². The van der Waals surface area contributed by atoms with Gasteiger partial charge in [0.15, 0.2) is 5.70 Å². The van der Waals surface area contributed by atoms with Crippen LogP contribution < -0.4 is 0 Å². The molecule has 5 nitrogen and oxygen atoms in total. The minimum Gasteiger partial charge on any atom is -0.461 e. The average Bonchev–Trinajstić information content (AvgIpc) is 2.61. The maximum atomic E-state index is 11.7. The molecule has 0 aromatic carbocycles. The van der Waals surface area contributed by atoms with E-state index in [9.17, 15) is 4.79 Å². The molecule has 6 heteroatoms. The Kier molecular flexibility index (Phi) is 4.54. The van der Waals surface area contributed by atoms with Gasteiger partial charge in [-0.05, 0) is 22.9 Å². The Bertz CT molecular complexity index is 399. The Morgan fingerprint density at radius 3 is 2.81 bits per heavy atom. The standard InChI is InChI=1S/C10H14BrN3O2/c1-4-16-10(15)9(7-13(2)3)14-6-8(11)5-12-14/h5-7H,4H2,1-3H3/b9-7-. The molecule has 0 aliphatic carbocycles. The molecule has 0 saturated heterocycles. The van der Waals surface area contributed by atoms with Gasteiger partial charge in [-0.1, -0.05) is 0 Å². The predicted octanol–water partition coefficient (Wildman–Crippen LogP) is 1.57. The lowest BCUT2D eigenvalue weighted by molar-refractivity contribution is -0.136. The second-order valence-corrected chi connectivity index (χ2v) is 4.22. The highest BCUT2D eigenvalue weighted by molar-refractivity contribution is 9.10. The van der Waals surface area contributed by atoms with Gasteiger partial charge in [0.1, 0.15) is 0 Å². The molecule has 1 rings (SSSR count). The van der Waals surface area contributed by atoms with E-state index >= 15 is 0 Å². The molecule has 0 fully saturated rings. The first-order valence-corrected chi connectivity index (χ1v) is 5.59.